The van der Waals surface area contributed by atoms with Crippen LogP contribution in [0, 0.1) is 0 Å². The molecular weight excluding hydrogens is 272 g/mol. The standard InChI is InChI=1S/C15H24N2O2S/c1-3-7-15(19,8-4-2)9-16-14(18)13-12(11-5-6-11)17-10-20-13/h10-11,19H,3-9H2,1-2H3,(H,16,18). The summed E-state index contributed by atoms with van der Waals surface area (Å²) in [5, 5.41) is 13.4. The molecule has 1 aliphatic rings. The summed E-state index contributed by atoms with van der Waals surface area (Å²) in [5.41, 5.74) is 1.92. The number of rotatable bonds is 8. The third kappa shape index (κ3) is 3.79. The van der Waals surface area contributed by atoms with E-state index >= 15 is 0 Å². The molecule has 1 heterocycles. The Hall–Kier alpha value is -0.940. The van der Waals surface area contributed by atoms with Gasteiger partial charge in [-0.1, -0.05) is 26.7 Å². The van der Waals surface area contributed by atoms with Gasteiger partial charge in [-0.05, 0) is 25.7 Å². The molecule has 0 saturated heterocycles. The van der Waals surface area contributed by atoms with E-state index in [0.717, 1.165) is 49.1 Å². The van der Waals surface area contributed by atoms with E-state index in [2.05, 4.69) is 24.1 Å². The summed E-state index contributed by atoms with van der Waals surface area (Å²) in [6.45, 7) is 4.43. The van der Waals surface area contributed by atoms with Crippen molar-refractivity contribution in [3.8, 4) is 0 Å². The first-order valence-electron chi connectivity index (χ1n) is 7.53. The van der Waals surface area contributed by atoms with Gasteiger partial charge in [-0.25, -0.2) is 4.98 Å². The van der Waals surface area contributed by atoms with Gasteiger partial charge in [-0.15, -0.1) is 11.3 Å². The number of hydrogen-bond acceptors (Lipinski definition) is 4. The monoisotopic (exact) mass is 296 g/mol. The molecule has 2 rings (SSSR count). The maximum Gasteiger partial charge on any atom is 0.263 e. The molecule has 112 valence electrons. The zero-order valence-corrected chi connectivity index (χ0v) is 13.1. The molecule has 1 amide bonds. The van der Waals surface area contributed by atoms with Crippen molar-refractivity contribution in [3.63, 3.8) is 0 Å². The van der Waals surface area contributed by atoms with Crippen molar-refractivity contribution in [2.45, 2.75) is 63.9 Å². The number of carbonyl (C=O) groups excluding carboxylic acids is 1. The van der Waals surface area contributed by atoms with Crippen LogP contribution in [0.25, 0.3) is 0 Å². The van der Waals surface area contributed by atoms with Gasteiger partial charge >= 0.3 is 0 Å². The van der Waals surface area contributed by atoms with Gasteiger partial charge < -0.3 is 10.4 Å². The summed E-state index contributed by atoms with van der Waals surface area (Å²) in [4.78, 5) is 17.3. The maximum absolute atomic E-state index is 12.3. The molecule has 2 N–H and O–H groups in total. The molecule has 1 aliphatic carbocycles. The quantitative estimate of drug-likeness (QED) is 0.775. The Morgan fingerprint density at radius 3 is 2.65 bits per heavy atom. The second kappa shape index (κ2) is 6.68. The molecule has 5 heteroatoms. The van der Waals surface area contributed by atoms with Crippen LogP contribution in [-0.2, 0) is 0 Å². The van der Waals surface area contributed by atoms with Crippen LogP contribution in [-0.4, -0.2) is 28.1 Å². The average Bonchev–Trinajstić information content (AvgIpc) is 3.14. The molecule has 0 aliphatic heterocycles. The zero-order chi connectivity index (χ0) is 14.6. The van der Waals surface area contributed by atoms with Gasteiger partial charge in [0.15, 0.2) is 0 Å². The van der Waals surface area contributed by atoms with Crippen molar-refractivity contribution in [1.29, 1.82) is 0 Å². The summed E-state index contributed by atoms with van der Waals surface area (Å²) >= 11 is 1.40. The van der Waals surface area contributed by atoms with Crippen molar-refractivity contribution in [3.05, 3.63) is 16.1 Å². The molecule has 1 saturated carbocycles. The lowest BCUT2D eigenvalue weighted by molar-refractivity contribution is 0.0213. The lowest BCUT2D eigenvalue weighted by Crippen LogP contribution is -2.42. The van der Waals surface area contributed by atoms with E-state index in [1.807, 2.05) is 0 Å². The maximum atomic E-state index is 12.3. The Morgan fingerprint density at radius 2 is 2.10 bits per heavy atom. The molecule has 0 atom stereocenters. The predicted octanol–water partition coefficient (Wildman–Crippen LogP) is 3.08. The highest BCUT2D eigenvalue weighted by Crippen LogP contribution is 2.41. The highest BCUT2D eigenvalue weighted by molar-refractivity contribution is 7.11. The van der Waals surface area contributed by atoms with E-state index in [9.17, 15) is 9.90 Å². The van der Waals surface area contributed by atoms with Crippen LogP contribution in [0.5, 0.6) is 0 Å². The topological polar surface area (TPSA) is 62.2 Å². The molecule has 0 radical (unpaired) electrons. The second-order valence-electron chi connectivity index (χ2n) is 5.75. The van der Waals surface area contributed by atoms with Crippen LogP contribution in [0.4, 0.5) is 0 Å². The number of aromatic nitrogens is 1. The number of amides is 1. The molecular formula is C15H24N2O2S. The zero-order valence-electron chi connectivity index (χ0n) is 12.3. The number of thiazole rings is 1. The van der Waals surface area contributed by atoms with Crippen LogP contribution in [0.2, 0.25) is 0 Å². The minimum atomic E-state index is -0.774. The van der Waals surface area contributed by atoms with Gasteiger partial charge in [0, 0.05) is 12.5 Å². The second-order valence-corrected chi connectivity index (χ2v) is 6.60. The van der Waals surface area contributed by atoms with E-state index in [-0.39, 0.29) is 5.91 Å². The first-order chi connectivity index (χ1) is 9.59. The Labute approximate surface area is 124 Å². The van der Waals surface area contributed by atoms with Crippen molar-refractivity contribution in [1.82, 2.24) is 10.3 Å². The largest absolute Gasteiger partial charge is 0.388 e. The normalized spacial score (nSPS) is 15.3. The lowest BCUT2D eigenvalue weighted by Gasteiger charge is -2.27. The van der Waals surface area contributed by atoms with Crippen LogP contribution < -0.4 is 5.32 Å². The summed E-state index contributed by atoms with van der Waals surface area (Å²) in [5.74, 6) is 0.396. The number of hydrogen-bond donors (Lipinski definition) is 2. The van der Waals surface area contributed by atoms with Crippen LogP contribution in [0.1, 0.15) is 73.7 Å². The predicted molar refractivity (Wildman–Crippen MR) is 81.2 cm³/mol. The number of aliphatic hydroxyl groups is 1. The summed E-state index contributed by atoms with van der Waals surface area (Å²) in [6.07, 6.45) is 5.55. The lowest BCUT2D eigenvalue weighted by atomic mass is 9.92. The summed E-state index contributed by atoms with van der Waals surface area (Å²) < 4.78 is 0. The fraction of sp³-hybridized carbons (Fsp3) is 0.733. The van der Waals surface area contributed by atoms with E-state index in [1.165, 1.54) is 11.3 Å². The van der Waals surface area contributed by atoms with E-state index in [0.29, 0.717) is 12.5 Å². The summed E-state index contributed by atoms with van der Waals surface area (Å²) in [7, 11) is 0. The van der Waals surface area contributed by atoms with Crippen LogP contribution in [0.3, 0.4) is 0 Å². The molecule has 0 bridgehead atoms. The van der Waals surface area contributed by atoms with Gasteiger partial charge in [-0.2, -0.15) is 0 Å². The van der Waals surface area contributed by atoms with Gasteiger partial charge in [0.25, 0.3) is 5.91 Å². The van der Waals surface area contributed by atoms with Gasteiger partial charge in [0.2, 0.25) is 0 Å². The minimum absolute atomic E-state index is 0.0833. The molecule has 0 spiro atoms. The van der Waals surface area contributed by atoms with Crippen LogP contribution in [0.15, 0.2) is 5.51 Å². The Morgan fingerprint density at radius 1 is 1.45 bits per heavy atom. The highest BCUT2D eigenvalue weighted by atomic mass is 32.1. The van der Waals surface area contributed by atoms with E-state index in [4.69, 9.17) is 0 Å². The van der Waals surface area contributed by atoms with Crippen molar-refractivity contribution in [2.75, 3.05) is 6.54 Å². The van der Waals surface area contributed by atoms with Gasteiger partial charge in [-0.3, -0.25) is 4.79 Å². The van der Waals surface area contributed by atoms with Crippen molar-refractivity contribution >= 4 is 17.2 Å². The fourth-order valence-electron chi connectivity index (χ4n) is 2.63. The fourth-order valence-corrected chi connectivity index (χ4v) is 3.42. The molecule has 20 heavy (non-hydrogen) atoms. The Kier molecular flexibility index (Phi) is 5.16. The van der Waals surface area contributed by atoms with Gasteiger partial charge in [0.1, 0.15) is 4.88 Å². The minimum Gasteiger partial charge on any atom is -0.388 e. The molecule has 1 fully saturated rings. The van der Waals surface area contributed by atoms with E-state index < -0.39 is 5.60 Å². The number of nitrogens with zero attached hydrogens (tertiary/aromatic N) is 1. The first kappa shape index (κ1) is 15.4. The van der Waals surface area contributed by atoms with Gasteiger partial charge in [0.05, 0.1) is 16.8 Å². The molecule has 0 aromatic carbocycles. The number of nitrogens with one attached hydrogen (secondary N) is 1. The van der Waals surface area contributed by atoms with Crippen molar-refractivity contribution < 1.29 is 9.90 Å². The third-order valence-electron chi connectivity index (χ3n) is 3.77. The average molecular weight is 296 g/mol. The van der Waals surface area contributed by atoms with Crippen LogP contribution >= 0.6 is 11.3 Å². The van der Waals surface area contributed by atoms with Crippen molar-refractivity contribution in [2.24, 2.45) is 0 Å². The van der Waals surface area contributed by atoms with E-state index in [1.54, 1.807) is 5.51 Å². The molecule has 1 aromatic heterocycles. The Bertz CT molecular complexity index is 448. The number of carbonyl (C=O) groups is 1. The molecule has 0 unspecified atom stereocenters. The molecule has 1 aromatic rings. The molecule has 4 nitrogen and oxygen atoms in total. The smallest absolute Gasteiger partial charge is 0.263 e. The third-order valence-corrected chi connectivity index (χ3v) is 4.62. The SMILES string of the molecule is CCCC(O)(CCC)CNC(=O)c1scnc1C1CC1. The highest BCUT2D eigenvalue weighted by Gasteiger charge is 2.31. The first-order valence-corrected chi connectivity index (χ1v) is 8.41. The Balaban J connectivity index is 1.94. The summed E-state index contributed by atoms with van der Waals surface area (Å²) in [6, 6.07) is 0.